The van der Waals surface area contributed by atoms with Gasteiger partial charge >= 0.3 is 0 Å². The second-order valence-electron chi connectivity index (χ2n) is 7.60. The third-order valence-electron chi connectivity index (χ3n) is 5.98. The van der Waals surface area contributed by atoms with Gasteiger partial charge in [0.15, 0.2) is 10.9 Å². The fraction of sp³-hybridized carbons (Fsp3) is 0.381. The largest absolute Gasteiger partial charge is 0.451 e. The number of thioether (sulfide) groups is 1. The van der Waals surface area contributed by atoms with Gasteiger partial charge in [0.25, 0.3) is 5.91 Å². The summed E-state index contributed by atoms with van der Waals surface area (Å²) in [5.41, 5.74) is 7.90. The van der Waals surface area contributed by atoms with Gasteiger partial charge in [-0.15, -0.1) is 0 Å². The molecule has 2 N–H and O–H groups in total. The molecule has 3 unspecified atom stereocenters. The summed E-state index contributed by atoms with van der Waals surface area (Å²) in [5.74, 6) is 1.95. The Morgan fingerprint density at radius 2 is 2.00 bits per heavy atom. The highest BCUT2D eigenvalue weighted by atomic mass is 32.2. The summed E-state index contributed by atoms with van der Waals surface area (Å²) in [7, 11) is 0. The SMILES string of the molecule is NC1CCC2CN(C(=O)c3oc4ccccc4c3CSc3ncccn3)CC12. The third kappa shape index (κ3) is 3.08. The number of nitrogens with zero attached hydrogens (tertiary/aromatic N) is 3. The zero-order valence-corrected chi connectivity index (χ0v) is 16.3. The predicted octanol–water partition coefficient (Wildman–Crippen LogP) is 3.32. The smallest absolute Gasteiger partial charge is 0.289 e. The lowest BCUT2D eigenvalue weighted by molar-refractivity contribution is 0.0749. The summed E-state index contributed by atoms with van der Waals surface area (Å²) in [5, 5.41) is 1.67. The molecule has 2 aromatic heterocycles. The van der Waals surface area contributed by atoms with Crippen LogP contribution < -0.4 is 5.73 Å². The summed E-state index contributed by atoms with van der Waals surface area (Å²) in [6, 6.07) is 9.82. The van der Waals surface area contributed by atoms with Crippen LogP contribution in [0.15, 0.2) is 52.3 Å². The topological polar surface area (TPSA) is 85.2 Å². The number of fused-ring (bicyclic) bond motifs is 2. The first-order valence-corrected chi connectivity index (χ1v) is 10.6. The first kappa shape index (κ1) is 17.7. The number of likely N-dealkylation sites (tertiary alicyclic amines) is 1. The Bertz CT molecular complexity index is 1010. The third-order valence-corrected chi connectivity index (χ3v) is 6.88. The summed E-state index contributed by atoms with van der Waals surface area (Å²) < 4.78 is 6.03. The van der Waals surface area contributed by atoms with Crippen LogP contribution in [0.1, 0.15) is 29.0 Å². The van der Waals surface area contributed by atoms with Crippen molar-refractivity contribution in [3.05, 3.63) is 54.0 Å². The van der Waals surface area contributed by atoms with Crippen LogP contribution in [0.4, 0.5) is 0 Å². The number of benzene rings is 1. The second kappa shape index (κ2) is 7.22. The molecule has 1 aromatic carbocycles. The number of aromatic nitrogens is 2. The molecule has 0 spiro atoms. The predicted molar refractivity (Wildman–Crippen MR) is 108 cm³/mol. The zero-order chi connectivity index (χ0) is 19.1. The maximum Gasteiger partial charge on any atom is 0.289 e. The number of amides is 1. The molecule has 2 fully saturated rings. The van der Waals surface area contributed by atoms with E-state index in [1.165, 1.54) is 11.8 Å². The Balaban J connectivity index is 1.44. The van der Waals surface area contributed by atoms with Gasteiger partial charge in [-0.25, -0.2) is 9.97 Å². The Labute approximate surface area is 167 Å². The van der Waals surface area contributed by atoms with Crippen LogP contribution >= 0.6 is 11.8 Å². The fourth-order valence-corrected chi connectivity index (χ4v) is 5.36. The number of hydrogen-bond acceptors (Lipinski definition) is 6. The van der Waals surface area contributed by atoms with E-state index >= 15 is 0 Å². The highest BCUT2D eigenvalue weighted by Crippen LogP contribution is 2.39. The average Bonchev–Trinajstić information content (AvgIpc) is 3.41. The van der Waals surface area contributed by atoms with Crippen molar-refractivity contribution in [1.82, 2.24) is 14.9 Å². The summed E-state index contributed by atoms with van der Waals surface area (Å²) in [6.07, 6.45) is 5.63. The Hall–Kier alpha value is -2.38. The molecule has 28 heavy (non-hydrogen) atoms. The molecule has 6 nitrogen and oxygen atoms in total. The molecule has 0 radical (unpaired) electrons. The van der Waals surface area contributed by atoms with Gasteiger partial charge in [0.1, 0.15) is 5.58 Å². The minimum atomic E-state index is -0.0256. The first-order chi connectivity index (χ1) is 13.7. The maximum absolute atomic E-state index is 13.3. The highest BCUT2D eigenvalue weighted by Gasteiger charge is 2.43. The molecule has 5 rings (SSSR count). The van der Waals surface area contributed by atoms with Crippen molar-refractivity contribution >= 4 is 28.6 Å². The molecule has 1 aliphatic heterocycles. The molecule has 1 saturated heterocycles. The van der Waals surface area contributed by atoms with Crippen molar-refractivity contribution in [3.63, 3.8) is 0 Å². The van der Waals surface area contributed by atoms with Crippen molar-refractivity contribution in [1.29, 1.82) is 0 Å². The molecule has 144 valence electrons. The lowest BCUT2D eigenvalue weighted by atomic mass is 9.98. The number of furan rings is 1. The van der Waals surface area contributed by atoms with Gasteiger partial charge in [0.2, 0.25) is 0 Å². The minimum absolute atomic E-state index is 0.0256. The molecule has 1 amide bonds. The molecule has 3 atom stereocenters. The summed E-state index contributed by atoms with van der Waals surface area (Å²) in [6.45, 7) is 1.51. The number of rotatable bonds is 4. The van der Waals surface area contributed by atoms with E-state index in [0.717, 1.165) is 42.5 Å². The Morgan fingerprint density at radius 1 is 1.18 bits per heavy atom. The zero-order valence-electron chi connectivity index (χ0n) is 15.5. The van der Waals surface area contributed by atoms with Crippen molar-refractivity contribution in [3.8, 4) is 0 Å². The van der Waals surface area contributed by atoms with E-state index in [0.29, 0.717) is 28.5 Å². The standard InChI is InChI=1S/C21H22N4O2S/c22-17-7-6-13-10-25(11-15(13)17)20(26)19-16(12-28-21-23-8-3-9-24-21)14-4-1-2-5-18(14)27-19/h1-5,8-9,13,15,17H,6-7,10-12,22H2. The van der Waals surface area contributed by atoms with Crippen molar-refractivity contribution in [2.24, 2.45) is 17.6 Å². The van der Waals surface area contributed by atoms with Gasteiger partial charge in [0.05, 0.1) is 0 Å². The monoisotopic (exact) mass is 394 g/mol. The number of carbonyl (C=O) groups excluding carboxylic acids is 1. The number of hydrogen-bond donors (Lipinski definition) is 1. The summed E-state index contributed by atoms with van der Waals surface area (Å²) in [4.78, 5) is 23.8. The molecular weight excluding hydrogens is 372 g/mol. The van der Waals surface area contributed by atoms with Crippen molar-refractivity contribution in [2.45, 2.75) is 29.8 Å². The number of carbonyl (C=O) groups is 1. The van der Waals surface area contributed by atoms with E-state index < -0.39 is 0 Å². The van der Waals surface area contributed by atoms with E-state index in [-0.39, 0.29) is 11.9 Å². The number of nitrogens with two attached hydrogens (primary N) is 1. The van der Waals surface area contributed by atoms with Crippen LogP contribution in [0.2, 0.25) is 0 Å². The normalized spacial score (nSPS) is 24.0. The Morgan fingerprint density at radius 3 is 2.82 bits per heavy atom. The summed E-state index contributed by atoms with van der Waals surface area (Å²) >= 11 is 1.51. The van der Waals surface area contributed by atoms with Crippen LogP contribution in [0, 0.1) is 11.8 Å². The number of para-hydroxylation sites is 1. The van der Waals surface area contributed by atoms with Crippen molar-refractivity contribution < 1.29 is 9.21 Å². The Kier molecular flexibility index (Phi) is 4.56. The van der Waals surface area contributed by atoms with Crippen LogP contribution in [0.5, 0.6) is 0 Å². The molecule has 3 heterocycles. The minimum Gasteiger partial charge on any atom is -0.451 e. The van der Waals surface area contributed by atoms with E-state index in [9.17, 15) is 4.79 Å². The van der Waals surface area contributed by atoms with Gasteiger partial charge in [-0.3, -0.25) is 4.79 Å². The average molecular weight is 395 g/mol. The van der Waals surface area contributed by atoms with E-state index in [4.69, 9.17) is 10.2 Å². The molecule has 0 bridgehead atoms. The van der Waals surface area contributed by atoms with E-state index in [2.05, 4.69) is 9.97 Å². The van der Waals surface area contributed by atoms with Crippen LogP contribution in [0.3, 0.4) is 0 Å². The molecular formula is C21H22N4O2S. The lowest BCUT2D eigenvalue weighted by Gasteiger charge is -2.18. The van der Waals surface area contributed by atoms with Gasteiger partial charge in [-0.05, 0) is 36.8 Å². The quantitative estimate of drug-likeness (QED) is 0.540. The molecule has 1 aliphatic carbocycles. The first-order valence-electron chi connectivity index (χ1n) is 9.66. The van der Waals surface area contributed by atoms with Crippen LogP contribution in [-0.4, -0.2) is 39.9 Å². The second-order valence-corrected chi connectivity index (χ2v) is 8.54. The van der Waals surface area contributed by atoms with Gasteiger partial charge in [0, 0.05) is 48.2 Å². The van der Waals surface area contributed by atoms with Crippen LogP contribution in [-0.2, 0) is 5.75 Å². The van der Waals surface area contributed by atoms with Gasteiger partial charge < -0.3 is 15.1 Å². The van der Waals surface area contributed by atoms with E-state index in [1.807, 2.05) is 29.2 Å². The van der Waals surface area contributed by atoms with E-state index in [1.54, 1.807) is 18.5 Å². The molecule has 7 heteroatoms. The molecule has 1 saturated carbocycles. The van der Waals surface area contributed by atoms with Crippen LogP contribution in [0.25, 0.3) is 11.0 Å². The fourth-order valence-electron chi connectivity index (χ4n) is 4.53. The highest BCUT2D eigenvalue weighted by molar-refractivity contribution is 7.98. The van der Waals surface area contributed by atoms with Crippen molar-refractivity contribution in [2.75, 3.05) is 13.1 Å². The molecule has 2 aliphatic rings. The van der Waals surface area contributed by atoms with Gasteiger partial charge in [-0.1, -0.05) is 30.0 Å². The maximum atomic E-state index is 13.3. The molecule has 3 aromatic rings. The lowest BCUT2D eigenvalue weighted by Crippen LogP contribution is -2.33. The van der Waals surface area contributed by atoms with Gasteiger partial charge in [-0.2, -0.15) is 0 Å².